The van der Waals surface area contributed by atoms with E-state index >= 15 is 0 Å². The predicted octanol–water partition coefficient (Wildman–Crippen LogP) is 2.36. The monoisotopic (exact) mass is 422 g/mol. The van der Waals surface area contributed by atoms with E-state index in [1.54, 1.807) is 23.5 Å². The number of aryl methyl sites for hydroxylation is 1. The maximum Gasteiger partial charge on any atom is 0.276 e. The molecule has 2 aromatic heterocycles. The van der Waals surface area contributed by atoms with Crippen LogP contribution in [-0.2, 0) is 16.4 Å². The molecule has 0 spiro atoms. The Balaban J connectivity index is 1.37. The van der Waals surface area contributed by atoms with E-state index in [1.807, 2.05) is 12.3 Å². The van der Waals surface area contributed by atoms with E-state index in [-0.39, 0.29) is 17.0 Å². The zero-order chi connectivity index (χ0) is 19.0. The van der Waals surface area contributed by atoms with E-state index in [0.29, 0.717) is 23.3 Å². The molecule has 0 bridgehead atoms. The van der Waals surface area contributed by atoms with Gasteiger partial charge < -0.3 is 4.42 Å². The molecular weight excluding hydrogens is 408 g/mol. The lowest BCUT2D eigenvalue weighted by molar-refractivity contribution is 0.0876. The second-order valence-corrected chi connectivity index (χ2v) is 9.66. The largest absolute Gasteiger partial charge is 0.416 e. The maximum absolute atomic E-state index is 12.5. The lowest BCUT2D eigenvalue weighted by Gasteiger charge is -2.13. The third kappa shape index (κ3) is 3.49. The first-order valence-corrected chi connectivity index (χ1v) is 11.3. The SMILES string of the molecule is Cc1nc(Cc2nnc(SCCN3C(=O)c4ccccc4S3(=O)=O)o2)cs1. The minimum absolute atomic E-state index is 0.0313. The summed E-state index contributed by atoms with van der Waals surface area (Å²) in [6, 6.07) is 6.22. The summed E-state index contributed by atoms with van der Waals surface area (Å²) in [6.07, 6.45) is 0.451. The molecule has 3 heterocycles. The Hall–Kier alpha value is -2.24. The summed E-state index contributed by atoms with van der Waals surface area (Å²) in [5, 5.41) is 11.2. The number of thiazole rings is 1. The molecule has 140 valence electrons. The Morgan fingerprint density at radius 2 is 2.07 bits per heavy atom. The lowest BCUT2D eigenvalue weighted by Crippen LogP contribution is -2.32. The minimum atomic E-state index is -3.79. The van der Waals surface area contributed by atoms with Gasteiger partial charge in [0.15, 0.2) is 0 Å². The number of sulfonamides is 1. The van der Waals surface area contributed by atoms with Gasteiger partial charge in [-0.05, 0) is 19.1 Å². The molecule has 0 radical (unpaired) electrons. The molecule has 4 rings (SSSR count). The molecule has 0 unspecified atom stereocenters. The normalized spacial score (nSPS) is 15.3. The summed E-state index contributed by atoms with van der Waals surface area (Å²) in [6.45, 7) is 1.96. The fourth-order valence-corrected chi connectivity index (χ4v) is 5.68. The lowest BCUT2D eigenvalue weighted by atomic mass is 10.2. The molecule has 0 saturated carbocycles. The molecular formula is C16H14N4O4S3. The zero-order valence-corrected chi connectivity index (χ0v) is 16.6. The minimum Gasteiger partial charge on any atom is -0.416 e. The van der Waals surface area contributed by atoms with Gasteiger partial charge in [-0.1, -0.05) is 23.9 Å². The van der Waals surface area contributed by atoms with Gasteiger partial charge in [-0.2, -0.15) is 0 Å². The highest BCUT2D eigenvalue weighted by Crippen LogP contribution is 2.30. The van der Waals surface area contributed by atoms with Crippen LogP contribution in [0.5, 0.6) is 0 Å². The van der Waals surface area contributed by atoms with Crippen molar-refractivity contribution in [1.29, 1.82) is 0 Å². The quantitative estimate of drug-likeness (QED) is 0.557. The highest BCUT2D eigenvalue weighted by Gasteiger charge is 2.40. The van der Waals surface area contributed by atoms with Gasteiger partial charge in [0.1, 0.15) is 4.90 Å². The Morgan fingerprint density at radius 1 is 1.26 bits per heavy atom. The molecule has 1 aliphatic heterocycles. The van der Waals surface area contributed by atoms with E-state index in [1.165, 1.54) is 23.9 Å². The van der Waals surface area contributed by atoms with E-state index in [4.69, 9.17) is 4.42 Å². The Morgan fingerprint density at radius 3 is 2.81 bits per heavy atom. The molecule has 0 aliphatic carbocycles. The molecule has 3 aromatic rings. The van der Waals surface area contributed by atoms with E-state index in [9.17, 15) is 13.2 Å². The molecule has 0 N–H and O–H groups in total. The number of nitrogens with zero attached hydrogens (tertiary/aromatic N) is 4. The average molecular weight is 423 g/mol. The number of benzene rings is 1. The first-order valence-electron chi connectivity index (χ1n) is 7.97. The van der Waals surface area contributed by atoms with Crippen LogP contribution in [0.4, 0.5) is 0 Å². The third-order valence-corrected chi connectivity index (χ3v) is 7.34. The highest BCUT2D eigenvalue weighted by molar-refractivity contribution is 7.99. The highest BCUT2D eigenvalue weighted by atomic mass is 32.2. The van der Waals surface area contributed by atoms with Crippen molar-refractivity contribution in [2.24, 2.45) is 0 Å². The number of carbonyl (C=O) groups is 1. The topological polar surface area (TPSA) is 106 Å². The molecule has 1 aromatic carbocycles. The van der Waals surface area contributed by atoms with Crippen LogP contribution in [0.2, 0.25) is 0 Å². The smallest absolute Gasteiger partial charge is 0.276 e. The van der Waals surface area contributed by atoms with Crippen molar-refractivity contribution >= 4 is 39.0 Å². The van der Waals surface area contributed by atoms with E-state index < -0.39 is 15.9 Å². The maximum atomic E-state index is 12.5. The first-order chi connectivity index (χ1) is 12.9. The van der Waals surface area contributed by atoms with Gasteiger partial charge in [-0.25, -0.2) is 17.7 Å². The number of aromatic nitrogens is 3. The molecule has 11 heteroatoms. The van der Waals surface area contributed by atoms with Gasteiger partial charge in [0.25, 0.3) is 21.2 Å². The number of hydrogen-bond donors (Lipinski definition) is 0. The Bertz CT molecular complexity index is 1110. The van der Waals surface area contributed by atoms with Crippen molar-refractivity contribution in [2.75, 3.05) is 12.3 Å². The molecule has 0 saturated heterocycles. The standard InChI is InChI=1S/C16H14N4O4S3/c1-10-17-11(9-26-10)8-14-18-19-16(24-14)25-7-6-20-15(21)12-4-2-3-5-13(12)27(20,22)23/h2-5,9H,6-8H2,1H3. The summed E-state index contributed by atoms with van der Waals surface area (Å²) in [5.74, 6) is 0.257. The third-order valence-electron chi connectivity index (χ3n) is 3.88. The second-order valence-electron chi connectivity index (χ2n) is 5.72. The molecule has 0 atom stereocenters. The number of carbonyl (C=O) groups excluding carboxylic acids is 1. The van der Waals surface area contributed by atoms with Crippen molar-refractivity contribution in [3.05, 3.63) is 51.8 Å². The van der Waals surface area contributed by atoms with Gasteiger partial charge in [0.05, 0.1) is 22.7 Å². The summed E-state index contributed by atoms with van der Waals surface area (Å²) in [4.78, 5) is 16.7. The van der Waals surface area contributed by atoms with Crippen LogP contribution in [0.25, 0.3) is 0 Å². The molecule has 0 fully saturated rings. The van der Waals surface area contributed by atoms with Crippen molar-refractivity contribution in [3.63, 3.8) is 0 Å². The van der Waals surface area contributed by atoms with Crippen LogP contribution in [0.1, 0.15) is 27.0 Å². The molecule has 1 aliphatic rings. The van der Waals surface area contributed by atoms with Gasteiger partial charge >= 0.3 is 0 Å². The van der Waals surface area contributed by atoms with Crippen molar-refractivity contribution in [2.45, 2.75) is 23.5 Å². The van der Waals surface area contributed by atoms with Crippen molar-refractivity contribution in [1.82, 2.24) is 19.5 Å². The zero-order valence-electron chi connectivity index (χ0n) is 14.2. The number of rotatable bonds is 6. The fraction of sp³-hybridized carbons (Fsp3) is 0.250. The summed E-state index contributed by atoms with van der Waals surface area (Å²) in [7, 11) is -3.79. The average Bonchev–Trinajstić information content (AvgIpc) is 3.31. The summed E-state index contributed by atoms with van der Waals surface area (Å²) in [5.41, 5.74) is 1.07. The second kappa shape index (κ2) is 7.06. The Labute approximate surface area is 163 Å². The van der Waals surface area contributed by atoms with Gasteiger partial charge in [0.2, 0.25) is 5.89 Å². The predicted molar refractivity (Wildman–Crippen MR) is 99.3 cm³/mol. The number of fused-ring (bicyclic) bond motifs is 1. The van der Waals surface area contributed by atoms with Crippen molar-refractivity contribution < 1.29 is 17.6 Å². The van der Waals surface area contributed by atoms with E-state index in [2.05, 4.69) is 15.2 Å². The molecule has 27 heavy (non-hydrogen) atoms. The molecule has 1 amide bonds. The van der Waals surface area contributed by atoms with E-state index in [0.717, 1.165) is 15.0 Å². The van der Waals surface area contributed by atoms with Crippen LogP contribution < -0.4 is 0 Å². The summed E-state index contributed by atoms with van der Waals surface area (Å²) < 4.78 is 31.4. The molecule has 8 nitrogen and oxygen atoms in total. The van der Waals surface area contributed by atoms with Crippen LogP contribution >= 0.6 is 23.1 Å². The number of hydrogen-bond acceptors (Lipinski definition) is 9. The Kier molecular flexibility index (Phi) is 4.74. The van der Waals surface area contributed by atoms with Crippen LogP contribution in [0, 0.1) is 6.92 Å². The van der Waals surface area contributed by atoms with Gasteiger partial charge in [0, 0.05) is 17.7 Å². The number of thioether (sulfide) groups is 1. The first kappa shape index (κ1) is 18.1. The fourth-order valence-electron chi connectivity index (χ4n) is 2.68. The van der Waals surface area contributed by atoms with Crippen molar-refractivity contribution in [3.8, 4) is 0 Å². The number of amides is 1. The summed E-state index contributed by atoms with van der Waals surface area (Å²) >= 11 is 2.76. The van der Waals surface area contributed by atoms with Gasteiger partial charge in [-0.15, -0.1) is 21.5 Å². The van der Waals surface area contributed by atoms with Crippen LogP contribution in [0.15, 0.2) is 44.2 Å². The van der Waals surface area contributed by atoms with Crippen LogP contribution in [0.3, 0.4) is 0 Å². The van der Waals surface area contributed by atoms with Gasteiger partial charge in [-0.3, -0.25) is 4.79 Å². The van der Waals surface area contributed by atoms with Crippen LogP contribution in [-0.4, -0.2) is 46.1 Å².